The average Bonchev–Trinajstić information content (AvgIpc) is 2.88. The predicted octanol–water partition coefficient (Wildman–Crippen LogP) is 3.05. The van der Waals surface area contributed by atoms with Crippen LogP contribution in [0.25, 0.3) is 0 Å². The smallest absolute Gasteiger partial charge is 0.396 e. The molecule has 1 atom stereocenters. The van der Waals surface area contributed by atoms with Crippen LogP contribution in [0.4, 0.5) is 13.2 Å². The molecule has 1 aliphatic heterocycles. The van der Waals surface area contributed by atoms with Gasteiger partial charge in [0.25, 0.3) is 0 Å². The molecular formula is C16H17F3N2O. The first-order valence-electron chi connectivity index (χ1n) is 7.27. The first-order chi connectivity index (χ1) is 10.5. The fourth-order valence-corrected chi connectivity index (χ4v) is 2.81. The molecule has 118 valence electrons. The number of aryl methyl sites for hydroxylation is 1. The predicted molar refractivity (Wildman–Crippen MR) is 75.4 cm³/mol. The quantitative estimate of drug-likeness (QED) is 0.946. The fourth-order valence-electron chi connectivity index (χ4n) is 2.81. The largest absolute Gasteiger partial charge is 0.416 e. The lowest BCUT2D eigenvalue weighted by Gasteiger charge is -2.20. The number of benzene rings is 1. The van der Waals surface area contributed by atoms with E-state index in [1.165, 1.54) is 12.1 Å². The molecule has 1 unspecified atom stereocenters. The van der Waals surface area contributed by atoms with Gasteiger partial charge in [0.05, 0.1) is 11.3 Å². The number of aliphatic hydroxyl groups is 1. The van der Waals surface area contributed by atoms with Gasteiger partial charge in [0.2, 0.25) is 0 Å². The maximum Gasteiger partial charge on any atom is 0.416 e. The van der Waals surface area contributed by atoms with Crippen molar-refractivity contribution in [1.82, 2.24) is 9.55 Å². The third-order valence-corrected chi connectivity index (χ3v) is 4.08. The molecule has 1 aromatic heterocycles. The van der Waals surface area contributed by atoms with E-state index in [0.717, 1.165) is 48.6 Å². The second kappa shape index (κ2) is 5.76. The van der Waals surface area contributed by atoms with Crippen LogP contribution < -0.4 is 0 Å². The molecule has 0 radical (unpaired) electrons. The fraction of sp³-hybridized carbons (Fsp3) is 0.438. The Morgan fingerprint density at radius 2 is 1.95 bits per heavy atom. The van der Waals surface area contributed by atoms with Crippen molar-refractivity contribution in [1.29, 1.82) is 0 Å². The van der Waals surface area contributed by atoms with E-state index in [4.69, 9.17) is 0 Å². The number of alkyl halides is 3. The zero-order chi connectivity index (χ0) is 15.7. The lowest BCUT2D eigenvalue weighted by molar-refractivity contribution is -0.137. The summed E-state index contributed by atoms with van der Waals surface area (Å²) < 4.78 is 39.7. The number of aromatic nitrogens is 2. The van der Waals surface area contributed by atoms with E-state index < -0.39 is 11.7 Å². The van der Waals surface area contributed by atoms with Crippen LogP contribution >= 0.6 is 0 Å². The molecule has 0 amide bonds. The molecule has 3 nitrogen and oxygen atoms in total. The minimum Gasteiger partial charge on any atom is -0.396 e. The lowest BCUT2D eigenvalue weighted by atomic mass is 9.99. The third-order valence-electron chi connectivity index (χ3n) is 4.08. The van der Waals surface area contributed by atoms with Gasteiger partial charge in [0, 0.05) is 32.2 Å². The molecule has 2 aromatic rings. The summed E-state index contributed by atoms with van der Waals surface area (Å²) in [6, 6.07) is 5.20. The Morgan fingerprint density at radius 1 is 1.23 bits per heavy atom. The zero-order valence-corrected chi connectivity index (χ0v) is 12.0. The normalized spacial score (nSPS) is 18.3. The number of halogens is 3. The van der Waals surface area contributed by atoms with E-state index in [1.807, 2.05) is 6.20 Å². The number of imidazole rings is 1. The number of hydrogen-bond acceptors (Lipinski definition) is 2. The summed E-state index contributed by atoms with van der Waals surface area (Å²) in [6.45, 7) is 1.00. The van der Waals surface area contributed by atoms with Gasteiger partial charge in [-0.1, -0.05) is 12.1 Å². The Kier molecular flexibility index (Phi) is 3.95. The van der Waals surface area contributed by atoms with Crippen molar-refractivity contribution in [3.63, 3.8) is 0 Å². The highest BCUT2D eigenvalue weighted by molar-refractivity contribution is 5.27. The van der Waals surface area contributed by atoms with E-state index >= 15 is 0 Å². The molecule has 0 spiro atoms. The molecule has 2 heterocycles. The molecular weight excluding hydrogens is 293 g/mol. The Hall–Kier alpha value is -1.82. The molecule has 1 aliphatic rings. The van der Waals surface area contributed by atoms with E-state index in [9.17, 15) is 18.3 Å². The van der Waals surface area contributed by atoms with E-state index in [1.54, 1.807) is 0 Å². The van der Waals surface area contributed by atoms with Crippen molar-refractivity contribution >= 4 is 0 Å². The first-order valence-corrected chi connectivity index (χ1v) is 7.27. The van der Waals surface area contributed by atoms with Crippen LogP contribution in [0.5, 0.6) is 0 Å². The van der Waals surface area contributed by atoms with Gasteiger partial charge in [-0.15, -0.1) is 0 Å². The van der Waals surface area contributed by atoms with Crippen molar-refractivity contribution in [2.45, 2.75) is 32.0 Å². The average molecular weight is 310 g/mol. The Balaban J connectivity index is 1.73. The zero-order valence-electron chi connectivity index (χ0n) is 12.0. The minimum atomic E-state index is -4.30. The second-order valence-corrected chi connectivity index (χ2v) is 5.75. The van der Waals surface area contributed by atoms with Gasteiger partial charge in [-0.3, -0.25) is 0 Å². The van der Waals surface area contributed by atoms with Crippen molar-refractivity contribution < 1.29 is 18.3 Å². The Labute approximate surface area is 126 Å². The Bertz CT molecular complexity index is 646. The standard InChI is InChI=1S/C16H17F3N2O/c17-16(18,19)13-3-1-11(2-4-13)7-14-9-21-6-5-12(10-22)8-15(21)20-14/h1-4,9,12,22H,5-8,10H2. The van der Waals surface area contributed by atoms with Gasteiger partial charge < -0.3 is 9.67 Å². The maximum atomic E-state index is 12.5. The number of hydrogen-bond donors (Lipinski definition) is 1. The summed E-state index contributed by atoms with van der Waals surface area (Å²) >= 11 is 0. The summed E-state index contributed by atoms with van der Waals surface area (Å²) in [5.74, 6) is 1.21. The van der Waals surface area contributed by atoms with Crippen molar-refractivity contribution in [2.75, 3.05) is 6.61 Å². The highest BCUT2D eigenvalue weighted by Crippen LogP contribution is 2.29. The van der Waals surface area contributed by atoms with E-state index in [-0.39, 0.29) is 12.5 Å². The topological polar surface area (TPSA) is 38.0 Å². The van der Waals surface area contributed by atoms with Gasteiger partial charge >= 0.3 is 6.18 Å². The summed E-state index contributed by atoms with van der Waals surface area (Å²) in [5, 5.41) is 9.22. The molecule has 0 fully saturated rings. The number of rotatable bonds is 3. The monoisotopic (exact) mass is 310 g/mol. The van der Waals surface area contributed by atoms with Gasteiger partial charge in [0.1, 0.15) is 5.82 Å². The molecule has 6 heteroatoms. The van der Waals surface area contributed by atoms with Crippen LogP contribution in [-0.2, 0) is 25.6 Å². The Morgan fingerprint density at radius 3 is 2.59 bits per heavy atom. The van der Waals surface area contributed by atoms with Crippen molar-refractivity contribution in [3.05, 3.63) is 53.1 Å². The van der Waals surface area contributed by atoms with Crippen LogP contribution in [0.1, 0.15) is 29.1 Å². The summed E-state index contributed by atoms with van der Waals surface area (Å²) in [4.78, 5) is 4.55. The molecule has 1 N–H and O–H groups in total. The third kappa shape index (κ3) is 3.16. The molecule has 0 saturated heterocycles. The van der Waals surface area contributed by atoms with Gasteiger partial charge in [-0.25, -0.2) is 4.98 Å². The van der Waals surface area contributed by atoms with E-state index in [2.05, 4.69) is 9.55 Å². The van der Waals surface area contributed by atoms with Crippen LogP contribution in [0.2, 0.25) is 0 Å². The second-order valence-electron chi connectivity index (χ2n) is 5.75. The molecule has 0 saturated carbocycles. The van der Waals surface area contributed by atoms with Crippen molar-refractivity contribution in [2.24, 2.45) is 5.92 Å². The van der Waals surface area contributed by atoms with Gasteiger partial charge in [-0.2, -0.15) is 13.2 Å². The highest BCUT2D eigenvalue weighted by atomic mass is 19.4. The lowest BCUT2D eigenvalue weighted by Crippen LogP contribution is -2.21. The number of aliphatic hydroxyl groups excluding tert-OH is 1. The number of nitrogens with zero attached hydrogens (tertiary/aromatic N) is 2. The van der Waals surface area contributed by atoms with Crippen LogP contribution in [0.15, 0.2) is 30.5 Å². The molecule has 1 aromatic carbocycles. The molecule has 0 aliphatic carbocycles. The molecule has 3 rings (SSSR count). The minimum absolute atomic E-state index is 0.168. The van der Waals surface area contributed by atoms with Crippen molar-refractivity contribution in [3.8, 4) is 0 Å². The van der Waals surface area contributed by atoms with Crippen LogP contribution in [0, 0.1) is 5.92 Å². The molecule has 0 bridgehead atoms. The van der Waals surface area contributed by atoms with Crippen LogP contribution in [0.3, 0.4) is 0 Å². The summed E-state index contributed by atoms with van der Waals surface area (Å²) in [6.07, 6.45) is -0.142. The SMILES string of the molecule is OCC1CCn2cc(Cc3ccc(C(F)(F)F)cc3)nc2C1. The molecule has 22 heavy (non-hydrogen) atoms. The highest BCUT2D eigenvalue weighted by Gasteiger charge is 2.30. The first kappa shape index (κ1) is 15.1. The maximum absolute atomic E-state index is 12.5. The van der Waals surface area contributed by atoms with E-state index in [0.29, 0.717) is 6.42 Å². The van der Waals surface area contributed by atoms with Gasteiger partial charge in [-0.05, 0) is 30.0 Å². The van der Waals surface area contributed by atoms with Crippen LogP contribution in [-0.4, -0.2) is 21.3 Å². The van der Waals surface area contributed by atoms with Gasteiger partial charge in [0.15, 0.2) is 0 Å². The summed E-state index contributed by atoms with van der Waals surface area (Å²) in [5.41, 5.74) is 1.03. The number of fused-ring (bicyclic) bond motifs is 1. The summed E-state index contributed by atoms with van der Waals surface area (Å²) in [7, 11) is 0.